The van der Waals surface area contributed by atoms with Crippen LogP contribution in [-0.2, 0) is 5.41 Å². The van der Waals surface area contributed by atoms with E-state index in [1.165, 1.54) is 5.56 Å². The van der Waals surface area contributed by atoms with Crippen LogP contribution in [0.3, 0.4) is 0 Å². The van der Waals surface area contributed by atoms with Gasteiger partial charge in [0.1, 0.15) is 18.2 Å². The quantitative estimate of drug-likeness (QED) is 0.499. The summed E-state index contributed by atoms with van der Waals surface area (Å²) in [6, 6.07) is 18.6. The Morgan fingerprint density at radius 2 is 1.93 bits per heavy atom. The molecule has 0 spiro atoms. The normalized spacial score (nSPS) is 14.0. The van der Waals surface area contributed by atoms with Gasteiger partial charge in [-0.3, -0.25) is 0 Å². The highest BCUT2D eigenvalue weighted by Crippen LogP contribution is 2.42. The summed E-state index contributed by atoms with van der Waals surface area (Å²) in [6.45, 7) is 8.03. The summed E-state index contributed by atoms with van der Waals surface area (Å²) < 4.78 is 6.11. The number of para-hydroxylation sites is 1. The van der Waals surface area contributed by atoms with Gasteiger partial charge in [-0.2, -0.15) is 0 Å². The average Bonchev–Trinajstić information content (AvgIpc) is 3.16. The van der Waals surface area contributed by atoms with Gasteiger partial charge in [0, 0.05) is 6.20 Å². The van der Waals surface area contributed by atoms with E-state index in [0.717, 1.165) is 46.2 Å². The standard InChI is InChI=1S/C24H24N4O/c1-24(2,3)16-10-11-18-19(15-16)27-23(26-18)17-7-6-8-20-22(17)29-14-13-28(20)21-9-4-5-12-25-21/h4-12,15H,13-14H2,1-3H3,(H,26,27). The number of pyridine rings is 1. The number of aromatic nitrogens is 3. The molecule has 1 N–H and O–H groups in total. The number of hydrogen-bond acceptors (Lipinski definition) is 4. The summed E-state index contributed by atoms with van der Waals surface area (Å²) in [6.07, 6.45) is 1.82. The minimum atomic E-state index is 0.0888. The second kappa shape index (κ2) is 6.62. The molecule has 1 aliphatic heterocycles. The van der Waals surface area contributed by atoms with Gasteiger partial charge in [-0.1, -0.05) is 39.0 Å². The molecule has 5 nitrogen and oxygen atoms in total. The Labute approximate surface area is 170 Å². The molecule has 0 fully saturated rings. The van der Waals surface area contributed by atoms with E-state index in [2.05, 4.69) is 66.0 Å². The van der Waals surface area contributed by atoms with E-state index in [1.54, 1.807) is 0 Å². The summed E-state index contributed by atoms with van der Waals surface area (Å²) in [5, 5.41) is 0. The third-order valence-corrected chi connectivity index (χ3v) is 5.38. The van der Waals surface area contributed by atoms with Crippen LogP contribution in [0.1, 0.15) is 26.3 Å². The number of nitrogens with zero attached hydrogens (tertiary/aromatic N) is 3. The molecule has 0 atom stereocenters. The van der Waals surface area contributed by atoms with Crippen LogP contribution in [0.5, 0.6) is 5.75 Å². The Kier molecular flexibility index (Phi) is 4.05. The largest absolute Gasteiger partial charge is 0.489 e. The van der Waals surface area contributed by atoms with Crippen LogP contribution in [0.25, 0.3) is 22.4 Å². The first-order valence-electron chi connectivity index (χ1n) is 9.96. The van der Waals surface area contributed by atoms with Crippen molar-refractivity contribution in [2.45, 2.75) is 26.2 Å². The maximum atomic E-state index is 6.11. The van der Waals surface area contributed by atoms with Gasteiger partial charge in [0.25, 0.3) is 0 Å². The van der Waals surface area contributed by atoms with Crippen molar-refractivity contribution in [3.05, 3.63) is 66.4 Å². The maximum Gasteiger partial charge on any atom is 0.154 e. The summed E-state index contributed by atoms with van der Waals surface area (Å²) >= 11 is 0. The Morgan fingerprint density at radius 1 is 1.03 bits per heavy atom. The van der Waals surface area contributed by atoms with E-state index >= 15 is 0 Å². The lowest BCUT2D eigenvalue weighted by atomic mass is 9.87. The predicted molar refractivity (Wildman–Crippen MR) is 117 cm³/mol. The minimum Gasteiger partial charge on any atom is -0.489 e. The average molecular weight is 384 g/mol. The summed E-state index contributed by atoms with van der Waals surface area (Å²) in [7, 11) is 0. The first-order valence-corrected chi connectivity index (χ1v) is 9.96. The van der Waals surface area contributed by atoms with Gasteiger partial charge in [0.15, 0.2) is 5.75 Å². The summed E-state index contributed by atoms with van der Waals surface area (Å²) in [4.78, 5) is 15.1. The third kappa shape index (κ3) is 3.12. The number of rotatable bonds is 2. The van der Waals surface area contributed by atoms with Crippen LogP contribution in [0.15, 0.2) is 60.8 Å². The van der Waals surface area contributed by atoms with Gasteiger partial charge >= 0.3 is 0 Å². The van der Waals surface area contributed by atoms with Gasteiger partial charge in [-0.15, -0.1) is 0 Å². The molecule has 0 saturated heterocycles. The van der Waals surface area contributed by atoms with Crippen LogP contribution in [-0.4, -0.2) is 28.1 Å². The van der Waals surface area contributed by atoms with Crippen molar-refractivity contribution < 1.29 is 4.74 Å². The fourth-order valence-electron chi connectivity index (χ4n) is 3.79. The maximum absolute atomic E-state index is 6.11. The molecule has 2 aromatic carbocycles. The highest BCUT2D eigenvalue weighted by Gasteiger charge is 2.24. The van der Waals surface area contributed by atoms with Crippen molar-refractivity contribution in [2.24, 2.45) is 0 Å². The highest BCUT2D eigenvalue weighted by molar-refractivity contribution is 5.85. The number of H-pyrrole nitrogens is 1. The monoisotopic (exact) mass is 384 g/mol. The van der Waals surface area contributed by atoms with E-state index < -0.39 is 0 Å². The number of imidazole rings is 1. The summed E-state index contributed by atoms with van der Waals surface area (Å²) in [5.74, 6) is 2.60. The Balaban J connectivity index is 1.61. The third-order valence-electron chi connectivity index (χ3n) is 5.38. The molecule has 146 valence electrons. The summed E-state index contributed by atoms with van der Waals surface area (Å²) in [5.41, 5.74) is 5.35. The Hall–Kier alpha value is -3.34. The predicted octanol–water partition coefficient (Wildman–Crippen LogP) is 5.45. The molecule has 2 aromatic heterocycles. The van der Waals surface area contributed by atoms with E-state index in [9.17, 15) is 0 Å². The Morgan fingerprint density at radius 3 is 2.72 bits per heavy atom. The highest BCUT2D eigenvalue weighted by atomic mass is 16.5. The van der Waals surface area contributed by atoms with Crippen LogP contribution >= 0.6 is 0 Å². The second-order valence-corrected chi connectivity index (χ2v) is 8.41. The zero-order valence-electron chi connectivity index (χ0n) is 16.9. The van der Waals surface area contributed by atoms with Gasteiger partial charge < -0.3 is 14.6 Å². The number of aromatic amines is 1. The van der Waals surface area contributed by atoms with Crippen molar-refractivity contribution in [2.75, 3.05) is 18.1 Å². The molecule has 0 aliphatic carbocycles. The second-order valence-electron chi connectivity index (χ2n) is 8.41. The van der Waals surface area contributed by atoms with Crippen LogP contribution in [0.4, 0.5) is 11.5 Å². The fourth-order valence-corrected chi connectivity index (χ4v) is 3.79. The topological polar surface area (TPSA) is 54.0 Å². The van der Waals surface area contributed by atoms with E-state index in [0.29, 0.717) is 6.61 Å². The molecular weight excluding hydrogens is 360 g/mol. The van der Waals surface area contributed by atoms with Gasteiger partial charge in [-0.25, -0.2) is 9.97 Å². The molecule has 5 rings (SSSR count). The van der Waals surface area contributed by atoms with Crippen molar-refractivity contribution in [1.82, 2.24) is 15.0 Å². The van der Waals surface area contributed by atoms with Crippen molar-refractivity contribution in [1.29, 1.82) is 0 Å². The molecular formula is C24H24N4O. The first-order chi connectivity index (χ1) is 14.0. The molecule has 3 heterocycles. The molecule has 0 bridgehead atoms. The van der Waals surface area contributed by atoms with Crippen molar-refractivity contribution >= 4 is 22.5 Å². The Bertz CT molecular complexity index is 1170. The van der Waals surface area contributed by atoms with E-state index in [4.69, 9.17) is 9.72 Å². The molecule has 0 amide bonds. The number of anilines is 2. The molecule has 5 heteroatoms. The number of fused-ring (bicyclic) bond motifs is 2. The molecule has 0 unspecified atom stereocenters. The SMILES string of the molecule is CC(C)(C)c1ccc2[nH]c(-c3cccc4c3OCCN4c3ccccn3)nc2c1. The lowest BCUT2D eigenvalue weighted by Gasteiger charge is -2.31. The molecule has 0 saturated carbocycles. The van der Waals surface area contributed by atoms with Crippen LogP contribution < -0.4 is 9.64 Å². The lowest BCUT2D eigenvalue weighted by Crippen LogP contribution is -2.29. The van der Waals surface area contributed by atoms with Crippen molar-refractivity contribution in [3.8, 4) is 17.1 Å². The fraction of sp³-hybridized carbons (Fsp3) is 0.250. The number of nitrogens with one attached hydrogen (secondary N) is 1. The molecule has 4 aromatic rings. The lowest BCUT2D eigenvalue weighted by molar-refractivity contribution is 0.315. The molecule has 29 heavy (non-hydrogen) atoms. The smallest absolute Gasteiger partial charge is 0.154 e. The van der Waals surface area contributed by atoms with Gasteiger partial charge in [0.2, 0.25) is 0 Å². The number of hydrogen-bond donors (Lipinski definition) is 1. The van der Waals surface area contributed by atoms with Gasteiger partial charge in [-0.05, 0) is 47.4 Å². The molecule has 1 aliphatic rings. The number of ether oxygens (including phenoxy) is 1. The zero-order valence-corrected chi connectivity index (χ0v) is 16.9. The zero-order chi connectivity index (χ0) is 20.0. The van der Waals surface area contributed by atoms with Crippen molar-refractivity contribution in [3.63, 3.8) is 0 Å². The van der Waals surface area contributed by atoms with Gasteiger partial charge in [0.05, 0.1) is 28.8 Å². The van der Waals surface area contributed by atoms with Crippen LogP contribution in [0, 0.1) is 0 Å². The minimum absolute atomic E-state index is 0.0888. The van der Waals surface area contributed by atoms with E-state index in [1.807, 2.05) is 30.5 Å². The number of benzene rings is 2. The molecule has 0 radical (unpaired) electrons. The van der Waals surface area contributed by atoms with Crippen LogP contribution in [0.2, 0.25) is 0 Å². The first kappa shape index (κ1) is 17.7. The van der Waals surface area contributed by atoms with E-state index in [-0.39, 0.29) is 5.41 Å².